The molecule has 1 amide bonds. The summed E-state index contributed by atoms with van der Waals surface area (Å²) < 4.78 is 32.8. The van der Waals surface area contributed by atoms with Gasteiger partial charge in [0.15, 0.2) is 6.61 Å². The molecule has 0 unspecified atom stereocenters. The zero-order valence-electron chi connectivity index (χ0n) is 17.6. The van der Waals surface area contributed by atoms with E-state index in [0.717, 1.165) is 11.1 Å². The van der Waals surface area contributed by atoms with E-state index in [1.807, 2.05) is 60.7 Å². The molecule has 3 aromatic rings. The fourth-order valence-corrected chi connectivity index (χ4v) is 3.98. The minimum absolute atomic E-state index is 0.0473. The van der Waals surface area contributed by atoms with E-state index in [-0.39, 0.29) is 22.9 Å². The summed E-state index contributed by atoms with van der Waals surface area (Å²) >= 11 is 0. The Bertz CT molecular complexity index is 1170. The molecule has 166 valence electrons. The fraction of sp³-hybridized carbons (Fsp3) is 0.167. The van der Waals surface area contributed by atoms with E-state index in [4.69, 9.17) is 4.74 Å². The molecule has 0 bridgehead atoms. The van der Waals surface area contributed by atoms with Gasteiger partial charge in [0.2, 0.25) is 10.0 Å². The number of likely N-dealkylation sites (N-methyl/N-ethyl adjacent to an activating group) is 1. The number of carbonyl (C=O) groups is 2. The number of ether oxygens (including phenoxy) is 1. The van der Waals surface area contributed by atoms with Gasteiger partial charge in [0, 0.05) is 20.1 Å². The molecule has 0 heterocycles. The number of hydrogen-bond donors (Lipinski definition) is 1. The van der Waals surface area contributed by atoms with Crippen molar-refractivity contribution < 1.29 is 22.7 Å². The van der Waals surface area contributed by atoms with Crippen LogP contribution >= 0.6 is 0 Å². The molecule has 0 aliphatic rings. The summed E-state index contributed by atoms with van der Waals surface area (Å²) in [5.74, 6) is -1.14. The molecule has 3 aromatic carbocycles. The van der Waals surface area contributed by atoms with Gasteiger partial charge in [0.05, 0.1) is 10.5 Å². The molecule has 0 saturated carbocycles. The lowest BCUT2D eigenvalue weighted by atomic mass is 10.2. The van der Waals surface area contributed by atoms with E-state index in [1.54, 1.807) is 7.05 Å². The maximum atomic E-state index is 12.6. The quantitative estimate of drug-likeness (QED) is 0.504. The van der Waals surface area contributed by atoms with Crippen molar-refractivity contribution in [3.05, 3.63) is 102 Å². The van der Waals surface area contributed by atoms with Gasteiger partial charge in [-0.25, -0.2) is 17.9 Å². The second-order valence-corrected chi connectivity index (χ2v) is 8.92. The number of amides is 1. The molecule has 0 atom stereocenters. The van der Waals surface area contributed by atoms with Gasteiger partial charge in [-0.3, -0.25) is 4.79 Å². The van der Waals surface area contributed by atoms with E-state index in [9.17, 15) is 18.0 Å². The Morgan fingerprint density at radius 3 is 2.16 bits per heavy atom. The smallest absolute Gasteiger partial charge is 0.338 e. The van der Waals surface area contributed by atoms with Crippen LogP contribution in [-0.2, 0) is 32.6 Å². The second kappa shape index (κ2) is 10.7. The highest BCUT2D eigenvalue weighted by molar-refractivity contribution is 7.89. The van der Waals surface area contributed by atoms with Crippen molar-refractivity contribution in [1.29, 1.82) is 0 Å². The Kier molecular flexibility index (Phi) is 7.75. The van der Waals surface area contributed by atoms with Crippen molar-refractivity contribution in [1.82, 2.24) is 9.62 Å². The first-order chi connectivity index (χ1) is 15.3. The third kappa shape index (κ3) is 6.50. The number of sulfonamides is 1. The third-order valence-electron chi connectivity index (χ3n) is 4.70. The molecule has 0 saturated heterocycles. The lowest BCUT2D eigenvalue weighted by Crippen LogP contribution is -2.30. The molecule has 8 heteroatoms. The first-order valence-electron chi connectivity index (χ1n) is 9.94. The molecule has 0 aromatic heterocycles. The van der Waals surface area contributed by atoms with Gasteiger partial charge in [-0.15, -0.1) is 0 Å². The molecule has 0 aliphatic heterocycles. The van der Waals surface area contributed by atoms with E-state index in [2.05, 4.69) is 4.72 Å². The number of rotatable bonds is 9. The minimum atomic E-state index is -3.83. The summed E-state index contributed by atoms with van der Waals surface area (Å²) in [5, 5.41) is 0. The summed E-state index contributed by atoms with van der Waals surface area (Å²) in [4.78, 5) is 26.0. The Morgan fingerprint density at radius 2 is 1.50 bits per heavy atom. The average Bonchev–Trinajstić information content (AvgIpc) is 2.82. The highest BCUT2D eigenvalue weighted by Gasteiger charge is 2.18. The average molecular weight is 453 g/mol. The maximum Gasteiger partial charge on any atom is 0.338 e. The Morgan fingerprint density at radius 1 is 0.875 bits per heavy atom. The van der Waals surface area contributed by atoms with Crippen molar-refractivity contribution in [3.63, 3.8) is 0 Å². The van der Waals surface area contributed by atoms with Crippen LogP contribution < -0.4 is 4.72 Å². The first kappa shape index (κ1) is 23.2. The van der Waals surface area contributed by atoms with Crippen LogP contribution in [0.15, 0.2) is 89.8 Å². The molecule has 0 radical (unpaired) electrons. The highest BCUT2D eigenvalue weighted by atomic mass is 32.2. The summed E-state index contributed by atoms with van der Waals surface area (Å²) in [6, 6.07) is 24.1. The number of nitrogens with one attached hydrogen (secondary N) is 1. The largest absolute Gasteiger partial charge is 0.452 e. The molecule has 7 nitrogen and oxygen atoms in total. The van der Waals surface area contributed by atoms with Gasteiger partial charge in [-0.1, -0.05) is 66.7 Å². The van der Waals surface area contributed by atoms with E-state index in [1.165, 1.54) is 29.2 Å². The van der Waals surface area contributed by atoms with Gasteiger partial charge in [-0.05, 0) is 29.3 Å². The number of nitrogens with zero attached hydrogens (tertiary/aromatic N) is 1. The van der Waals surface area contributed by atoms with Crippen LogP contribution in [0, 0.1) is 0 Å². The highest BCUT2D eigenvalue weighted by Crippen LogP contribution is 2.13. The third-order valence-corrected chi connectivity index (χ3v) is 6.10. The van der Waals surface area contributed by atoms with E-state index in [0.29, 0.717) is 6.54 Å². The van der Waals surface area contributed by atoms with Crippen LogP contribution in [0.4, 0.5) is 0 Å². The standard InChI is InChI=1S/C24H24N2O5S/c1-26(17-20-11-6-3-7-12-20)23(27)18-31-24(28)21-13-8-14-22(15-21)32(29,30)25-16-19-9-4-2-5-10-19/h2-15,25H,16-18H2,1H3. The van der Waals surface area contributed by atoms with Crippen LogP contribution in [-0.4, -0.2) is 38.8 Å². The topological polar surface area (TPSA) is 92.8 Å². The van der Waals surface area contributed by atoms with Crippen LogP contribution in [0.3, 0.4) is 0 Å². The lowest BCUT2D eigenvalue weighted by Gasteiger charge is -2.17. The summed E-state index contributed by atoms with van der Waals surface area (Å²) in [5.41, 5.74) is 1.81. The second-order valence-electron chi connectivity index (χ2n) is 7.15. The molecule has 0 fully saturated rings. The Labute approximate surface area is 187 Å². The zero-order valence-corrected chi connectivity index (χ0v) is 18.4. The van der Waals surface area contributed by atoms with Crippen LogP contribution in [0.1, 0.15) is 21.5 Å². The van der Waals surface area contributed by atoms with Gasteiger partial charge in [-0.2, -0.15) is 0 Å². The maximum absolute atomic E-state index is 12.6. The Balaban J connectivity index is 1.58. The van der Waals surface area contributed by atoms with Crippen molar-refractivity contribution in [2.75, 3.05) is 13.7 Å². The van der Waals surface area contributed by atoms with Crippen LogP contribution in [0.25, 0.3) is 0 Å². The predicted octanol–water partition coefficient (Wildman–Crippen LogP) is 2.98. The minimum Gasteiger partial charge on any atom is -0.452 e. The lowest BCUT2D eigenvalue weighted by molar-refractivity contribution is -0.133. The van der Waals surface area contributed by atoms with Crippen molar-refractivity contribution in [2.24, 2.45) is 0 Å². The molecule has 32 heavy (non-hydrogen) atoms. The number of esters is 1. The predicted molar refractivity (Wildman–Crippen MR) is 120 cm³/mol. The Hall–Kier alpha value is -3.49. The number of carbonyl (C=O) groups excluding carboxylic acids is 2. The molecule has 3 rings (SSSR count). The summed E-state index contributed by atoms with van der Waals surface area (Å²) in [6.07, 6.45) is 0. The van der Waals surface area contributed by atoms with E-state index >= 15 is 0 Å². The summed E-state index contributed by atoms with van der Waals surface area (Å²) in [7, 11) is -2.21. The van der Waals surface area contributed by atoms with Crippen molar-refractivity contribution in [3.8, 4) is 0 Å². The number of hydrogen-bond acceptors (Lipinski definition) is 5. The number of benzene rings is 3. The SMILES string of the molecule is CN(Cc1ccccc1)C(=O)COC(=O)c1cccc(S(=O)(=O)NCc2ccccc2)c1. The van der Waals surface area contributed by atoms with Crippen LogP contribution in [0.2, 0.25) is 0 Å². The van der Waals surface area contributed by atoms with Crippen molar-refractivity contribution in [2.45, 2.75) is 18.0 Å². The van der Waals surface area contributed by atoms with Crippen LogP contribution in [0.5, 0.6) is 0 Å². The zero-order chi connectivity index (χ0) is 23.0. The van der Waals surface area contributed by atoms with Gasteiger partial charge >= 0.3 is 5.97 Å². The van der Waals surface area contributed by atoms with E-state index < -0.39 is 22.6 Å². The van der Waals surface area contributed by atoms with Gasteiger partial charge < -0.3 is 9.64 Å². The molecule has 0 aliphatic carbocycles. The monoisotopic (exact) mass is 452 g/mol. The van der Waals surface area contributed by atoms with Gasteiger partial charge in [0.1, 0.15) is 0 Å². The summed E-state index contributed by atoms with van der Waals surface area (Å²) in [6.45, 7) is 0.0730. The fourth-order valence-electron chi connectivity index (χ4n) is 2.91. The first-order valence-corrected chi connectivity index (χ1v) is 11.4. The molecular weight excluding hydrogens is 428 g/mol. The molecule has 0 spiro atoms. The molecular formula is C24H24N2O5S. The normalized spacial score (nSPS) is 11.0. The van der Waals surface area contributed by atoms with Crippen molar-refractivity contribution >= 4 is 21.9 Å². The van der Waals surface area contributed by atoms with Gasteiger partial charge in [0.25, 0.3) is 5.91 Å². The molecule has 1 N–H and O–H groups in total.